The summed E-state index contributed by atoms with van der Waals surface area (Å²) < 4.78 is 38.9. The second kappa shape index (κ2) is 7.54. The van der Waals surface area contributed by atoms with Crippen LogP contribution in [0.3, 0.4) is 0 Å². The van der Waals surface area contributed by atoms with Crippen LogP contribution in [0, 0.1) is 0 Å². The molecule has 0 spiro atoms. The number of nitrogens with one attached hydrogen (secondary N) is 1. The minimum absolute atomic E-state index is 0.362. The summed E-state index contributed by atoms with van der Waals surface area (Å²) in [6.07, 6.45) is 0.572. The molecule has 0 aliphatic carbocycles. The fraction of sp³-hybridized carbons (Fsp3) is 0.190. The number of carbonyl (C=O) groups is 1. The molecule has 0 saturated heterocycles. The van der Waals surface area contributed by atoms with Gasteiger partial charge < -0.3 is 10.2 Å². The number of anilines is 1. The fourth-order valence-corrected chi connectivity index (χ4v) is 3.56. The van der Waals surface area contributed by atoms with Crippen LogP contribution in [0.1, 0.15) is 28.3 Å². The Morgan fingerprint density at radius 2 is 1.72 bits per heavy atom. The smallest absolute Gasteiger partial charge is 0.313 e. The van der Waals surface area contributed by atoms with Gasteiger partial charge in [-0.2, -0.15) is 13.2 Å². The SMILES string of the molecule is O=C(Nc1cncnc1)N1CCc2ccccc2[C@@H]1c1ccc(C(F)(F)F)cc1. The third-order valence-electron chi connectivity index (χ3n) is 4.91. The van der Waals surface area contributed by atoms with E-state index in [-0.39, 0.29) is 6.03 Å². The van der Waals surface area contributed by atoms with Gasteiger partial charge >= 0.3 is 12.2 Å². The van der Waals surface area contributed by atoms with Gasteiger partial charge in [0.2, 0.25) is 0 Å². The van der Waals surface area contributed by atoms with Gasteiger partial charge in [-0.05, 0) is 35.2 Å². The Labute approximate surface area is 165 Å². The van der Waals surface area contributed by atoms with Crippen molar-refractivity contribution in [3.05, 3.63) is 89.5 Å². The van der Waals surface area contributed by atoms with Crippen molar-refractivity contribution in [3.8, 4) is 0 Å². The van der Waals surface area contributed by atoms with Crippen LogP contribution in [0.5, 0.6) is 0 Å². The highest BCUT2D eigenvalue weighted by Crippen LogP contribution is 2.37. The summed E-state index contributed by atoms with van der Waals surface area (Å²) in [4.78, 5) is 22.3. The second-order valence-corrected chi connectivity index (χ2v) is 6.72. The van der Waals surface area contributed by atoms with Crippen molar-refractivity contribution in [1.82, 2.24) is 14.9 Å². The number of halogens is 3. The third kappa shape index (κ3) is 3.91. The Morgan fingerprint density at radius 1 is 1.03 bits per heavy atom. The molecule has 0 saturated carbocycles. The summed E-state index contributed by atoms with van der Waals surface area (Å²) in [5.41, 5.74) is 2.32. The molecular formula is C21H17F3N4O. The molecule has 5 nitrogen and oxygen atoms in total. The first-order valence-corrected chi connectivity index (χ1v) is 9.01. The van der Waals surface area contributed by atoms with E-state index in [2.05, 4.69) is 15.3 Å². The number of amides is 2. The highest BCUT2D eigenvalue weighted by atomic mass is 19.4. The molecule has 8 heteroatoms. The Balaban J connectivity index is 1.70. The number of hydrogen-bond acceptors (Lipinski definition) is 3. The first-order valence-electron chi connectivity index (χ1n) is 9.01. The van der Waals surface area contributed by atoms with Crippen LogP contribution in [0.4, 0.5) is 23.7 Å². The van der Waals surface area contributed by atoms with Crippen molar-refractivity contribution >= 4 is 11.7 Å². The number of hydrogen-bond donors (Lipinski definition) is 1. The van der Waals surface area contributed by atoms with Gasteiger partial charge in [0.15, 0.2) is 0 Å². The van der Waals surface area contributed by atoms with Crippen molar-refractivity contribution < 1.29 is 18.0 Å². The minimum Gasteiger partial charge on any atom is -0.313 e. The van der Waals surface area contributed by atoms with E-state index in [1.54, 1.807) is 4.90 Å². The zero-order valence-corrected chi connectivity index (χ0v) is 15.2. The van der Waals surface area contributed by atoms with Gasteiger partial charge in [-0.1, -0.05) is 36.4 Å². The molecule has 4 rings (SSSR count). The van der Waals surface area contributed by atoms with E-state index < -0.39 is 17.8 Å². The molecule has 148 valence electrons. The van der Waals surface area contributed by atoms with Crippen LogP contribution in [-0.4, -0.2) is 27.4 Å². The minimum atomic E-state index is -4.41. The molecule has 29 heavy (non-hydrogen) atoms. The molecule has 1 aliphatic rings. The quantitative estimate of drug-likeness (QED) is 0.682. The van der Waals surface area contributed by atoms with E-state index in [4.69, 9.17) is 0 Å². The molecule has 1 aliphatic heterocycles. The summed E-state index contributed by atoms with van der Waals surface area (Å²) in [6, 6.07) is 11.8. The monoisotopic (exact) mass is 398 g/mol. The highest BCUT2D eigenvalue weighted by Gasteiger charge is 2.34. The zero-order valence-electron chi connectivity index (χ0n) is 15.2. The maximum absolute atomic E-state index is 13.0. The lowest BCUT2D eigenvalue weighted by Crippen LogP contribution is -2.43. The van der Waals surface area contributed by atoms with Gasteiger partial charge in [0, 0.05) is 6.54 Å². The van der Waals surface area contributed by atoms with Crippen molar-refractivity contribution in [2.75, 3.05) is 11.9 Å². The van der Waals surface area contributed by atoms with Crippen molar-refractivity contribution in [2.45, 2.75) is 18.6 Å². The third-order valence-corrected chi connectivity index (χ3v) is 4.91. The van der Waals surface area contributed by atoms with E-state index in [1.807, 2.05) is 24.3 Å². The van der Waals surface area contributed by atoms with Gasteiger partial charge in [-0.3, -0.25) is 0 Å². The maximum Gasteiger partial charge on any atom is 0.416 e. The number of benzene rings is 2. The molecule has 1 N–H and O–H groups in total. The maximum atomic E-state index is 13.0. The van der Waals surface area contributed by atoms with Crippen LogP contribution in [0.2, 0.25) is 0 Å². The summed E-state index contributed by atoms with van der Waals surface area (Å²) in [5.74, 6) is 0. The van der Waals surface area contributed by atoms with E-state index >= 15 is 0 Å². The van der Waals surface area contributed by atoms with Crippen molar-refractivity contribution in [2.24, 2.45) is 0 Å². The first kappa shape index (κ1) is 18.9. The molecule has 0 unspecified atom stereocenters. The van der Waals surface area contributed by atoms with Crippen molar-refractivity contribution in [1.29, 1.82) is 0 Å². The summed E-state index contributed by atoms with van der Waals surface area (Å²) in [5, 5.41) is 2.76. The Kier molecular flexibility index (Phi) is 4.92. The zero-order chi connectivity index (χ0) is 20.4. The number of nitrogens with zero attached hydrogens (tertiary/aromatic N) is 3. The van der Waals surface area contributed by atoms with Crippen molar-refractivity contribution in [3.63, 3.8) is 0 Å². The Bertz CT molecular complexity index is 1010. The first-order chi connectivity index (χ1) is 13.9. The van der Waals surface area contributed by atoms with E-state index in [9.17, 15) is 18.0 Å². The largest absolute Gasteiger partial charge is 0.416 e. The normalized spacial score (nSPS) is 16.2. The number of alkyl halides is 3. The molecule has 1 atom stereocenters. The summed E-state index contributed by atoms with van der Waals surface area (Å²) in [7, 11) is 0. The average Bonchev–Trinajstić information content (AvgIpc) is 2.73. The molecule has 2 aromatic carbocycles. The van der Waals surface area contributed by atoms with Crippen LogP contribution in [0.25, 0.3) is 0 Å². The van der Waals surface area contributed by atoms with Gasteiger partial charge in [0.1, 0.15) is 6.33 Å². The molecule has 2 amide bonds. The fourth-order valence-electron chi connectivity index (χ4n) is 3.56. The molecule has 2 heterocycles. The van der Waals surface area contributed by atoms with Crippen LogP contribution in [0.15, 0.2) is 67.3 Å². The number of carbonyl (C=O) groups excluding carboxylic acids is 1. The lowest BCUT2D eigenvalue weighted by atomic mass is 9.88. The standard InChI is InChI=1S/C21H17F3N4O/c22-21(23,24)16-7-5-15(6-8-16)19-18-4-2-1-3-14(18)9-10-28(19)20(29)27-17-11-25-13-26-12-17/h1-8,11-13,19H,9-10H2,(H,27,29)/t19-/m0/s1. The molecule has 1 aromatic heterocycles. The number of rotatable bonds is 2. The lowest BCUT2D eigenvalue weighted by Gasteiger charge is -2.37. The van der Waals surface area contributed by atoms with Gasteiger partial charge in [-0.25, -0.2) is 14.8 Å². The number of fused-ring (bicyclic) bond motifs is 1. The van der Waals surface area contributed by atoms with Gasteiger partial charge in [0.25, 0.3) is 0 Å². The molecule has 0 bridgehead atoms. The van der Waals surface area contributed by atoms with E-state index in [0.717, 1.165) is 23.3 Å². The van der Waals surface area contributed by atoms with Gasteiger partial charge in [-0.15, -0.1) is 0 Å². The highest BCUT2D eigenvalue weighted by molar-refractivity contribution is 5.89. The lowest BCUT2D eigenvalue weighted by molar-refractivity contribution is -0.137. The average molecular weight is 398 g/mol. The Hall–Kier alpha value is -3.42. The second-order valence-electron chi connectivity index (χ2n) is 6.72. The van der Waals surface area contributed by atoms with Gasteiger partial charge in [0.05, 0.1) is 29.7 Å². The topological polar surface area (TPSA) is 58.1 Å². The predicted molar refractivity (Wildman–Crippen MR) is 101 cm³/mol. The molecule has 0 radical (unpaired) electrons. The summed E-state index contributed by atoms with van der Waals surface area (Å²) >= 11 is 0. The Morgan fingerprint density at radius 3 is 2.41 bits per heavy atom. The van der Waals surface area contributed by atoms with E-state index in [0.29, 0.717) is 24.2 Å². The predicted octanol–water partition coefficient (Wildman–Crippen LogP) is 4.68. The van der Waals surface area contributed by atoms with Crippen LogP contribution < -0.4 is 5.32 Å². The molecular weight excluding hydrogens is 381 g/mol. The summed E-state index contributed by atoms with van der Waals surface area (Å²) in [6.45, 7) is 0.433. The van der Waals surface area contributed by atoms with Crippen LogP contribution >= 0.6 is 0 Å². The van der Waals surface area contributed by atoms with Crippen LogP contribution in [-0.2, 0) is 12.6 Å². The number of urea groups is 1. The molecule has 0 fully saturated rings. The number of aromatic nitrogens is 2. The molecule has 3 aromatic rings. The van der Waals surface area contributed by atoms with E-state index in [1.165, 1.54) is 30.9 Å².